The molecular formula is C17H16BrF2N3O4S. The van der Waals surface area contributed by atoms with Crippen molar-refractivity contribution in [3.8, 4) is 5.75 Å². The van der Waals surface area contributed by atoms with E-state index in [4.69, 9.17) is 0 Å². The molecule has 28 heavy (non-hydrogen) atoms. The number of aromatic nitrogens is 1. The van der Waals surface area contributed by atoms with Crippen molar-refractivity contribution in [2.24, 2.45) is 0 Å². The summed E-state index contributed by atoms with van der Waals surface area (Å²) >= 11 is 4.24. The Morgan fingerprint density at radius 2 is 1.96 bits per heavy atom. The van der Waals surface area contributed by atoms with Crippen LogP contribution in [-0.4, -0.2) is 37.9 Å². The first-order valence-electron chi connectivity index (χ1n) is 8.18. The van der Waals surface area contributed by atoms with Crippen molar-refractivity contribution in [2.75, 3.05) is 10.1 Å². The number of carbonyl (C=O) groups is 1. The van der Waals surface area contributed by atoms with Gasteiger partial charge < -0.3 is 20.6 Å². The van der Waals surface area contributed by atoms with Gasteiger partial charge in [0, 0.05) is 24.8 Å². The lowest BCUT2D eigenvalue weighted by Crippen LogP contribution is -2.48. The molecule has 2 heterocycles. The Kier molecular flexibility index (Phi) is 6.08. The standard InChI is InChI=1S/C17H16BrF2N3O4S/c18-12-7-13(23-17(26,27)2-1-3-28-23)22-14(15(12)24)16(25)21-8-9-4-10(19)6-11(20)5-9/h4-7,24,26-27H,1-3,8H2,(H,21,25). The summed E-state index contributed by atoms with van der Waals surface area (Å²) in [4.78, 5) is 16.5. The van der Waals surface area contributed by atoms with E-state index in [2.05, 4.69) is 26.2 Å². The zero-order valence-corrected chi connectivity index (χ0v) is 16.7. The summed E-state index contributed by atoms with van der Waals surface area (Å²) in [6.07, 6.45) is 0.678. The van der Waals surface area contributed by atoms with Crippen LogP contribution in [0.2, 0.25) is 0 Å². The molecule has 1 aliphatic heterocycles. The molecule has 1 aromatic heterocycles. The third kappa shape index (κ3) is 4.54. The smallest absolute Gasteiger partial charge is 0.274 e. The number of nitrogens with one attached hydrogen (secondary N) is 1. The van der Waals surface area contributed by atoms with Gasteiger partial charge in [-0.15, -0.1) is 0 Å². The number of nitrogens with zero attached hydrogens (tertiary/aromatic N) is 2. The van der Waals surface area contributed by atoms with Crippen molar-refractivity contribution in [3.63, 3.8) is 0 Å². The van der Waals surface area contributed by atoms with E-state index in [-0.39, 0.29) is 34.5 Å². The quantitative estimate of drug-likeness (QED) is 0.397. The Balaban J connectivity index is 1.84. The molecule has 0 radical (unpaired) electrons. The molecule has 1 aliphatic rings. The van der Waals surface area contributed by atoms with E-state index >= 15 is 0 Å². The minimum Gasteiger partial charge on any atom is -0.504 e. The lowest BCUT2D eigenvalue weighted by Gasteiger charge is -2.38. The molecular weight excluding hydrogens is 460 g/mol. The second-order valence-electron chi connectivity index (χ2n) is 6.13. The summed E-state index contributed by atoms with van der Waals surface area (Å²) in [5.41, 5.74) is -0.180. The van der Waals surface area contributed by atoms with Gasteiger partial charge in [0.25, 0.3) is 11.8 Å². The van der Waals surface area contributed by atoms with Gasteiger partial charge in [0.1, 0.15) is 17.5 Å². The summed E-state index contributed by atoms with van der Waals surface area (Å²) in [7, 11) is 0. The van der Waals surface area contributed by atoms with Crippen LogP contribution < -0.4 is 9.62 Å². The van der Waals surface area contributed by atoms with Crippen LogP contribution in [0.4, 0.5) is 14.6 Å². The molecule has 1 aromatic carbocycles. The highest BCUT2D eigenvalue weighted by Gasteiger charge is 2.37. The number of halogens is 3. The highest BCUT2D eigenvalue weighted by atomic mass is 79.9. The topological polar surface area (TPSA) is 106 Å². The van der Waals surface area contributed by atoms with Crippen LogP contribution in [0.5, 0.6) is 5.75 Å². The highest BCUT2D eigenvalue weighted by Crippen LogP contribution is 2.38. The van der Waals surface area contributed by atoms with E-state index in [0.717, 1.165) is 28.4 Å². The van der Waals surface area contributed by atoms with Gasteiger partial charge in [0.15, 0.2) is 11.4 Å². The van der Waals surface area contributed by atoms with E-state index in [1.807, 2.05) is 0 Å². The lowest BCUT2D eigenvalue weighted by molar-refractivity contribution is -0.155. The average Bonchev–Trinajstić information content (AvgIpc) is 2.61. The van der Waals surface area contributed by atoms with E-state index < -0.39 is 29.2 Å². The van der Waals surface area contributed by atoms with Crippen molar-refractivity contribution >= 4 is 39.6 Å². The number of aromatic hydroxyl groups is 1. The number of carbonyl (C=O) groups excluding carboxylic acids is 1. The van der Waals surface area contributed by atoms with Crippen molar-refractivity contribution in [1.29, 1.82) is 0 Å². The monoisotopic (exact) mass is 475 g/mol. The number of pyridine rings is 1. The third-order valence-corrected chi connectivity index (χ3v) is 5.75. The van der Waals surface area contributed by atoms with Crippen molar-refractivity contribution in [2.45, 2.75) is 25.3 Å². The normalized spacial score (nSPS) is 16.1. The fourth-order valence-corrected chi connectivity index (χ4v) is 4.03. The number of hydrogen-bond donors (Lipinski definition) is 4. The molecule has 1 fully saturated rings. The molecule has 0 spiro atoms. The molecule has 0 aliphatic carbocycles. The molecule has 11 heteroatoms. The molecule has 1 saturated heterocycles. The van der Waals surface area contributed by atoms with Crippen LogP contribution in [0.1, 0.15) is 28.9 Å². The second kappa shape index (κ2) is 8.19. The number of aliphatic hydroxyl groups is 2. The first kappa shape index (κ1) is 20.8. The molecule has 0 unspecified atom stereocenters. The zero-order chi connectivity index (χ0) is 20.5. The molecule has 0 saturated carbocycles. The number of rotatable bonds is 4. The number of benzene rings is 1. The van der Waals surface area contributed by atoms with Crippen molar-refractivity contribution in [3.05, 3.63) is 51.6 Å². The summed E-state index contributed by atoms with van der Waals surface area (Å²) in [5, 5.41) is 32.9. The Labute approximate surface area is 171 Å². The number of amides is 1. The Hall–Kier alpha value is -1.95. The van der Waals surface area contributed by atoms with E-state index in [9.17, 15) is 28.9 Å². The minimum atomic E-state index is -2.15. The van der Waals surface area contributed by atoms with Gasteiger partial charge in [-0.05, 0) is 58.1 Å². The largest absolute Gasteiger partial charge is 0.504 e. The maximum atomic E-state index is 13.3. The van der Waals surface area contributed by atoms with Crippen LogP contribution in [0.25, 0.3) is 0 Å². The summed E-state index contributed by atoms with van der Waals surface area (Å²) < 4.78 is 27.8. The van der Waals surface area contributed by atoms with Crippen LogP contribution >= 0.6 is 27.9 Å². The van der Waals surface area contributed by atoms with Crippen LogP contribution in [0, 0.1) is 11.6 Å². The van der Waals surface area contributed by atoms with E-state index in [1.165, 1.54) is 6.07 Å². The minimum absolute atomic E-state index is 0.0568. The first-order valence-corrected chi connectivity index (χ1v) is 9.91. The predicted molar refractivity (Wildman–Crippen MR) is 102 cm³/mol. The Morgan fingerprint density at radius 1 is 1.29 bits per heavy atom. The fraction of sp³-hybridized carbons (Fsp3) is 0.294. The van der Waals surface area contributed by atoms with Crippen molar-refractivity contribution in [1.82, 2.24) is 10.3 Å². The average molecular weight is 476 g/mol. The summed E-state index contributed by atoms with van der Waals surface area (Å²) in [5.74, 6) is -4.28. The number of anilines is 1. The third-order valence-electron chi connectivity index (χ3n) is 3.93. The molecule has 4 N–H and O–H groups in total. The summed E-state index contributed by atoms with van der Waals surface area (Å²) in [6.45, 7) is -0.196. The van der Waals surface area contributed by atoms with Gasteiger partial charge in [0.05, 0.1) is 4.47 Å². The van der Waals surface area contributed by atoms with Gasteiger partial charge in [-0.3, -0.25) is 4.79 Å². The number of hydrogen-bond acceptors (Lipinski definition) is 7. The second-order valence-corrected chi connectivity index (χ2v) is 8.01. The van der Waals surface area contributed by atoms with Gasteiger partial charge >= 0.3 is 0 Å². The molecule has 0 bridgehead atoms. The van der Waals surface area contributed by atoms with Crippen LogP contribution in [-0.2, 0) is 6.54 Å². The SMILES string of the molecule is O=C(NCc1cc(F)cc(F)c1)c1nc(N2SCCCC2(O)O)cc(Br)c1O. The lowest BCUT2D eigenvalue weighted by atomic mass is 10.2. The van der Waals surface area contributed by atoms with E-state index in [1.54, 1.807) is 0 Å². The van der Waals surface area contributed by atoms with Gasteiger partial charge in [0.2, 0.25) is 0 Å². The molecule has 7 nitrogen and oxygen atoms in total. The molecule has 150 valence electrons. The molecule has 1 amide bonds. The fourth-order valence-electron chi connectivity index (χ4n) is 2.66. The maximum absolute atomic E-state index is 13.3. The van der Waals surface area contributed by atoms with Gasteiger partial charge in [-0.25, -0.2) is 18.1 Å². The van der Waals surface area contributed by atoms with Crippen LogP contribution in [0.3, 0.4) is 0 Å². The van der Waals surface area contributed by atoms with Crippen LogP contribution in [0.15, 0.2) is 28.7 Å². The zero-order valence-electron chi connectivity index (χ0n) is 14.3. The highest BCUT2D eigenvalue weighted by molar-refractivity contribution is 9.10. The maximum Gasteiger partial charge on any atom is 0.274 e. The molecule has 3 rings (SSSR count). The van der Waals surface area contributed by atoms with Gasteiger partial charge in [-0.1, -0.05) is 0 Å². The summed E-state index contributed by atoms with van der Waals surface area (Å²) in [6, 6.07) is 4.21. The van der Waals surface area contributed by atoms with Crippen molar-refractivity contribution < 1.29 is 28.9 Å². The molecule has 0 atom stereocenters. The van der Waals surface area contributed by atoms with Gasteiger partial charge in [-0.2, -0.15) is 0 Å². The van der Waals surface area contributed by atoms with E-state index in [0.29, 0.717) is 18.2 Å². The first-order chi connectivity index (χ1) is 13.2. The molecule has 2 aromatic rings. The Morgan fingerprint density at radius 3 is 2.61 bits per heavy atom. The Bertz CT molecular complexity index is 896. The predicted octanol–water partition coefficient (Wildman–Crippen LogP) is 2.64.